The number of nitrogens with zero attached hydrogens (tertiary/aromatic N) is 2. The highest BCUT2D eigenvalue weighted by Gasteiger charge is 2.29. The Hall–Kier alpha value is -1.28. The van der Waals surface area contributed by atoms with E-state index in [4.69, 9.17) is 10.00 Å². The Kier molecular flexibility index (Phi) is 4.97. The maximum absolute atomic E-state index is 11.9. The minimum Gasteiger partial charge on any atom is -0.444 e. The van der Waals surface area contributed by atoms with Gasteiger partial charge in [0.2, 0.25) is 0 Å². The Morgan fingerprint density at radius 2 is 2.06 bits per heavy atom. The van der Waals surface area contributed by atoms with Crippen molar-refractivity contribution in [3.63, 3.8) is 0 Å². The predicted molar refractivity (Wildman–Crippen MR) is 66.8 cm³/mol. The molecule has 2 atom stereocenters. The van der Waals surface area contributed by atoms with E-state index in [-0.39, 0.29) is 12.0 Å². The van der Waals surface area contributed by atoms with E-state index in [2.05, 4.69) is 6.07 Å². The van der Waals surface area contributed by atoms with Crippen LogP contribution in [0.2, 0.25) is 0 Å². The van der Waals surface area contributed by atoms with Crippen LogP contribution in [0.25, 0.3) is 0 Å². The number of ether oxygens (including phenoxy) is 1. The Labute approximate surface area is 108 Å². The first-order valence-electron chi connectivity index (χ1n) is 6.36. The van der Waals surface area contributed by atoms with E-state index >= 15 is 0 Å². The predicted octanol–water partition coefficient (Wildman–Crippen LogP) is 1.91. The molecule has 5 heteroatoms. The third kappa shape index (κ3) is 4.53. The van der Waals surface area contributed by atoms with Gasteiger partial charge in [0.05, 0.1) is 12.2 Å². The molecule has 0 aliphatic carbocycles. The van der Waals surface area contributed by atoms with Crippen molar-refractivity contribution in [1.82, 2.24) is 4.90 Å². The Bertz CT molecular complexity index is 330. The van der Waals surface area contributed by atoms with Crippen LogP contribution in [0, 0.1) is 17.2 Å². The number of hydrogen-bond acceptors (Lipinski definition) is 4. The van der Waals surface area contributed by atoms with E-state index in [1.54, 1.807) is 4.90 Å². The van der Waals surface area contributed by atoms with Crippen molar-refractivity contribution in [1.29, 1.82) is 5.26 Å². The highest BCUT2D eigenvalue weighted by molar-refractivity contribution is 5.68. The second-order valence-corrected chi connectivity index (χ2v) is 5.73. The van der Waals surface area contributed by atoms with Gasteiger partial charge in [0.15, 0.2) is 0 Å². The van der Waals surface area contributed by atoms with Crippen LogP contribution < -0.4 is 0 Å². The zero-order valence-electron chi connectivity index (χ0n) is 11.3. The Balaban J connectivity index is 2.56. The van der Waals surface area contributed by atoms with Gasteiger partial charge in [0, 0.05) is 19.5 Å². The van der Waals surface area contributed by atoms with Crippen molar-refractivity contribution >= 4 is 6.09 Å². The molecule has 1 fully saturated rings. The van der Waals surface area contributed by atoms with E-state index in [1.807, 2.05) is 20.8 Å². The molecule has 18 heavy (non-hydrogen) atoms. The summed E-state index contributed by atoms with van der Waals surface area (Å²) in [6.07, 6.45) is 0.646. The molecule has 1 amide bonds. The highest BCUT2D eigenvalue weighted by atomic mass is 16.6. The number of nitriles is 1. The molecule has 1 heterocycles. The lowest BCUT2D eigenvalue weighted by Crippen LogP contribution is -2.37. The molecule has 1 N–H and O–H groups in total. The number of likely N-dealkylation sites (tertiary alicyclic amines) is 1. The monoisotopic (exact) mass is 254 g/mol. The smallest absolute Gasteiger partial charge is 0.410 e. The summed E-state index contributed by atoms with van der Waals surface area (Å²) in [5.74, 6) is -0.0394. The second-order valence-electron chi connectivity index (χ2n) is 5.73. The molecule has 0 aromatic rings. The summed E-state index contributed by atoms with van der Waals surface area (Å²) >= 11 is 0. The van der Waals surface area contributed by atoms with Crippen LogP contribution in [0.1, 0.15) is 40.0 Å². The lowest BCUT2D eigenvalue weighted by Gasteiger charge is -2.26. The Morgan fingerprint density at radius 1 is 1.44 bits per heavy atom. The van der Waals surface area contributed by atoms with Gasteiger partial charge in [-0.1, -0.05) is 0 Å². The van der Waals surface area contributed by atoms with Crippen LogP contribution in [-0.2, 0) is 4.74 Å². The Morgan fingerprint density at radius 3 is 2.61 bits per heavy atom. The maximum Gasteiger partial charge on any atom is 0.410 e. The SMILES string of the molecule is CC(C)(C)OC(=O)N1CCC(O)C(CC#N)CC1. The molecule has 5 nitrogen and oxygen atoms in total. The van der Waals surface area contributed by atoms with Gasteiger partial charge in [0.25, 0.3) is 0 Å². The van der Waals surface area contributed by atoms with Crippen LogP contribution in [0.4, 0.5) is 4.79 Å². The van der Waals surface area contributed by atoms with Crippen molar-refractivity contribution in [3.8, 4) is 6.07 Å². The zero-order chi connectivity index (χ0) is 13.8. The molecule has 1 aliphatic heterocycles. The summed E-state index contributed by atoms with van der Waals surface area (Å²) in [4.78, 5) is 13.5. The molecule has 0 aromatic carbocycles. The van der Waals surface area contributed by atoms with Gasteiger partial charge in [-0.05, 0) is 39.5 Å². The number of aliphatic hydroxyl groups excluding tert-OH is 1. The first-order chi connectivity index (χ1) is 8.33. The number of aliphatic hydroxyl groups is 1. The molecule has 0 bridgehead atoms. The molecule has 0 spiro atoms. The number of rotatable bonds is 1. The summed E-state index contributed by atoms with van der Waals surface area (Å²) < 4.78 is 5.30. The summed E-state index contributed by atoms with van der Waals surface area (Å²) in [6.45, 7) is 6.51. The summed E-state index contributed by atoms with van der Waals surface area (Å²) in [5.41, 5.74) is -0.506. The van der Waals surface area contributed by atoms with Gasteiger partial charge in [0.1, 0.15) is 5.60 Å². The van der Waals surface area contributed by atoms with Gasteiger partial charge >= 0.3 is 6.09 Å². The quantitative estimate of drug-likeness (QED) is 0.775. The van der Waals surface area contributed by atoms with E-state index in [0.717, 1.165) is 0 Å². The second kappa shape index (κ2) is 6.05. The van der Waals surface area contributed by atoms with Crippen molar-refractivity contribution in [2.75, 3.05) is 13.1 Å². The van der Waals surface area contributed by atoms with Crippen LogP contribution in [0.3, 0.4) is 0 Å². The number of hydrogen-bond donors (Lipinski definition) is 1. The van der Waals surface area contributed by atoms with Gasteiger partial charge in [-0.2, -0.15) is 5.26 Å². The molecule has 1 saturated heterocycles. The summed E-state index contributed by atoms with van der Waals surface area (Å²) in [6, 6.07) is 2.08. The largest absolute Gasteiger partial charge is 0.444 e. The van der Waals surface area contributed by atoms with Gasteiger partial charge in [-0.3, -0.25) is 0 Å². The third-order valence-corrected chi connectivity index (χ3v) is 3.01. The minimum atomic E-state index is -0.506. The molecular formula is C13H22N2O3. The molecular weight excluding hydrogens is 232 g/mol. The van der Waals surface area contributed by atoms with Crippen molar-refractivity contribution < 1.29 is 14.6 Å². The van der Waals surface area contributed by atoms with Crippen molar-refractivity contribution in [3.05, 3.63) is 0 Å². The van der Waals surface area contributed by atoms with E-state index < -0.39 is 11.7 Å². The minimum absolute atomic E-state index is 0.0394. The summed E-state index contributed by atoms with van der Waals surface area (Å²) in [5, 5.41) is 18.6. The molecule has 0 aromatic heterocycles. The first kappa shape index (κ1) is 14.8. The third-order valence-electron chi connectivity index (χ3n) is 3.01. The van der Waals surface area contributed by atoms with Crippen LogP contribution >= 0.6 is 0 Å². The number of carbonyl (C=O) groups excluding carboxylic acids is 1. The van der Waals surface area contributed by atoms with Gasteiger partial charge in [-0.15, -0.1) is 0 Å². The molecule has 0 saturated carbocycles. The van der Waals surface area contributed by atoms with Crippen molar-refractivity contribution in [2.24, 2.45) is 5.92 Å². The average molecular weight is 254 g/mol. The highest BCUT2D eigenvalue weighted by Crippen LogP contribution is 2.22. The topological polar surface area (TPSA) is 73.6 Å². The number of amides is 1. The maximum atomic E-state index is 11.9. The van der Waals surface area contributed by atoms with E-state index in [1.165, 1.54) is 0 Å². The standard InChI is InChI=1S/C13H22N2O3/c1-13(2,3)18-12(17)15-8-5-10(4-7-14)11(16)6-9-15/h10-11,16H,4-6,8-9H2,1-3H3. The average Bonchev–Trinajstić information content (AvgIpc) is 2.40. The fourth-order valence-electron chi connectivity index (χ4n) is 2.01. The van der Waals surface area contributed by atoms with Crippen LogP contribution in [0.5, 0.6) is 0 Å². The molecule has 0 radical (unpaired) electrons. The molecule has 1 aliphatic rings. The van der Waals surface area contributed by atoms with E-state index in [0.29, 0.717) is 32.4 Å². The first-order valence-corrected chi connectivity index (χ1v) is 6.36. The van der Waals surface area contributed by atoms with Gasteiger partial charge in [-0.25, -0.2) is 4.79 Å². The van der Waals surface area contributed by atoms with Gasteiger partial charge < -0.3 is 14.7 Å². The lowest BCUT2D eigenvalue weighted by atomic mass is 9.95. The molecule has 2 unspecified atom stereocenters. The lowest BCUT2D eigenvalue weighted by molar-refractivity contribution is 0.0251. The fraction of sp³-hybridized carbons (Fsp3) is 0.846. The fourth-order valence-corrected chi connectivity index (χ4v) is 2.01. The normalized spacial score (nSPS) is 25.2. The zero-order valence-corrected chi connectivity index (χ0v) is 11.3. The van der Waals surface area contributed by atoms with Crippen molar-refractivity contribution in [2.45, 2.75) is 51.7 Å². The molecule has 1 rings (SSSR count). The van der Waals surface area contributed by atoms with Crippen LogP contribution in [-0.4, -0.2) is 40.9 Å². The number of carbonyl (C=O) groups is 1. The van der Waals surface area contributed by atoms with Crippen LogP contribution in [0.15, 0.2) is 0 Å². The van der Waals surface area contributed by atoms with E-state index in [9.17, 15) is 9.90 Å². The molecule has 102 valence electrons. The summed E-state index contributed by atoms with van der Waals surface area (Å²) in [7, 11) is 0.